The maximum absolute atomic E-state index is 4.89. The van der Waals surface area contributed by atoms with Crippen molar-refractivity contribution in [1.82, 2.24) is 24.0 Å². The second-order valence-corrected chi connectivity index (χ2v) is 9.18. The maximum Gasteiger partial charge on any atom is 0.163 e. The molecule has 0 atom stereocenters. The molecule has 1 aliphatic rings. The standard InChI is InChI=1S/C24H23N5S/c1-15-13-25-24-22(26-15)18-14-27(2)9-7-20(18)29(24)21-8-11-30-23(21)17-4-5-19-16(12-17)6-10-28(19)3/h4-6,8,10-13H,7,9,14H2,1-3H3. The van der Waals surface area contributed by atoms with E-state index in [1.807, 2.05) is 13.1 Å². The summed E-state index contributed by atoms with van der Waals surface area (Å²) in [6, 6.07) is 11.2. The number of thiophene rings is 1. The van der Waals surface area contributed by atoms with Crippen LogP contribution >= 0.6 is 11.3 Å². The van der Waals surface area contributed by atoms with Crippen molar-refractivity contribution in [2.45, 2.75) is 19.9 Å². The van der Waals surface area contributed by atoms with Gasteiger partial charge >= 0.3 is 0 Å². The zero-order valence-corrected chi connectivity index (χ0v) is 18.2. The van der Waals surface area contributed by atoms with E-state index in [1.54, 1.807) is 11.3 Å². The van der Waals surface area contributed by atoms with E-state index in [4.69, 9.17) is 9.97 Å². The van der Waals surface area contributed by atoms with Crippen molar-refractivity contribution >= 4 is 33.4 Å². The van der Waals surface area contributed by atoms with Gasteiger partial charge in [-0.05, 0) is 49.2 Å². The summed E-state index contributed by atoms with van der Waals surface area (Å²) in [5, 5.41) is 3.46. The smallest absolute Gasteiger partial charge is 0.163 e. The van der Waals surface area contributed by atoms with Crippen molar-refractivity contribution in [3.8, 4) is 16.1 Å². The second-order valence-electron chi connectivity index (χ2n) is 8.27. The summed E-state index contributed by atoms with van der Waals surface area (Å²) in [5.41, 5.74) is 9.39. The van der Waals surface area contributed by atoms with Gasteiger partial charge in [-0.3, -0.25) is 4.57 Å². The van der Waals surface area contributed by atoms with Gasteiger partial charge in [-0.25, -0.2) is 9.97 Å². The van der Waals surface area contributed by atoms with Crippen LogP contribution in [0.2, 0.25) is 0 Å². The van der Waals surface area contributed by atoms with E-state index in [-0.39, 0.29) is 0 Å². The summed E-state index contributed by atoms with van der Waals surface area (Å²) in [6.45, 7) is 4.00. The summed E-state index contributed by atoms with van der Waals surface area (Å²) in [6.07, 6.45) is 5.01. The SMILES string of the molecule is Cc1cnc2c(n1)c1c(n2-c2ccsc2-c2ccc3c(ccn3C)c2)CCN(C)C1. The summed E-state index contributed by atoms with van der Waals surface area (Å²) < 4.78 is 4.53. The van der Waals surface area contributed by atoms with Crippen molar-refractivity contribution in [1.29, 1.82) is 0 Å². The first-order valence-electron chi connectivity index (χ1n) is 10.3. The molecule has 5 aromatic rings. The van der Waals surface area contributed by atoms with Crippen LogP contribution in [0.1, 0.15) is 17.0 Å². The minimum Gasteiger partial charge on any atom is -0.351 e. The first kappa shape index (κ1) is 17.9. The number of benzene rings is 1. The molecule has 5 heterocycles. The van der Waals surface area contributed by atoms with Crippen molar-refractivity contribution in [3.63, 3.8) is 0 Å². The topological polar surface area (TPSA) is 38.9 Å². The van der Waals surface area contributed by atoms with Crippen molar-refractivity contribution < 1.29 is 0 Å². The van der Waals surface area contributed by atoms with Gasteiger partial charge in [0.25, 0.3) is 0 Å². The molecule has 0 saturated carbocycles. The molecule has 0 bridgehead atoms. The molecule has 0 amide bonds. The van der Waals surface area contributed by atoms with E-state index in [2.05, 4.69) is 70.0 Å². The molecule has 0 spiro atoms. The molecule has 1 aliphatic heterocycles. The monoisotopic (exact) mass is 413 g/mol. The van der Waals surface area contributed by atoms with Crippen LogP contribution in [-0.4, -0.2) is 37.6 Å². The Morgan fingerprint density at radius 3 is 2.90 bits per heavy atom. The van der Waals surface area contributed by atoms with Crippen molar-refractivity contribution in [2.75, 3.05) is 13.6 Å². The zero-order valence-electron chi connectivity index (χ0n) is 17.4. The Bertz CT molecular complexity index is 1420. The zero-order chi connectivity index (χ0) is 20.4. The molecule has 30 heavy (non-hydrogen) atoms. The van der Waals surface area contributed by atoms with Crippen LogP contribution in [-0.2, 0) is 20.0 Å². The number of aryl methyl sites for hydroxylation is 2. The highest BCUT2D eigenvalue weighted by Gasteiger charge is 2.26. The molecule has 150 valence electrons. The molecule has 4 aromatic heterocycles. The van der Waals surface area contributed by atoms with Crippen LogP contribution in [0.3, 0.4) is 0 Å². The number of nitrogens with zero attached hydrogens (tertiary/aromatic N) is 5. The minimum absolute atomic E-state index is 0.923. The van der Waals surface area contributed by atoms with Gasteiger partial charge in [0.15, 0.2) is 5.65 Å². The van der Waals surface area contributed by atoms with Gasteiger partial charge in [-0.2, -0.15) is 0 Å². The number of likely N-dealkylation sites (N-methyl/N-ethyl adjacent to an activating group) is 1. The molecule has 0 unspecified atom stereocenters. The number of aromatic nitrogens is 4. The fourth-order valence-corrected chi connectivity index (χ4v) is 5.56. The van der Waals surface area contributed by atoms with E-state index in [0.717, 1.165) is 36.4 Å². The Kier molecular flexibility index (Phi) is 3.88. The molecule has 0 aliphatic carbocycles. The van der Waals surface area contributed by atoms with Crippen molar-refractivity contribution in [3.05, 3.63) is 65.1 Å². The first-order chi connectivity index (χ1) is 14.6. The lowest BCUT2D eigenvalue weighted by Crippen LogP contribution is -2.27. The van der Waals surface area contributed by atoms with Crippen LogP contribution in [0.25, 0.3) is 38.2 Å². The third kappa shape index (κ3) is 2.57. The van der Waals surface area contributed by atoms with Crippen LogP contribution < -0.4 is 0 Å². The highest BCUT2D eigenvalue weighted by Crippen LogP contribution is 2.39. The van der Waals surface area contributed by atoms with Crippen LogP contribution in [0.15, 0.2) is 48.1 Å². The average molecular weight is 414 g/mol. The van der Waals surface area contributed by atoms with E-state index in [1.165, 1.54) is 38.3 Å². The first-order valence-corrected chi connectivity index (χ1v) is 11.2. The van der Waals surface area contributed by atoms with Gasteiger partial charge in [-0.1, -0.05) is 6.07 Å². The van der Waals surface area contributed by atoms with Crippen LogP contribution in [0.4, 0.5) is 0 Å². The summed E-state index contributed by atoms with van der Waals surface area (Å²) >= 11 is 1.79. The fraction of sp³-hybridized carbons (Fsp3) is 0.250. The van der Waals surface area contributed by atoms with E-state index in [0.29, 0.717) is 0 Å². The molecule has 5 nitrogen and oxygen atoms in total. The quantitative estimate of drug-likeness (QED) is 0.412. The number of hydrogen-bond acceptors (Lipinski definition) is 4. The molecular formula is C24H23N5S. The minimum atomic E-state index is 0.923. The predicted molar refractivity (Wildman–Crippen MR) is 123 cm³/mol. The van der Waals surface area contributed by atoms with Gasteiger partial charge in [0.1, 0.15) is 5.52 Å². The van der Waals surface area contributed by atoms with Gasteiger partial charge in [-0.15, -0.1) is 11.3 Å². The third-order valence-corrected chi connectivity index (χ3v) is 7.13. The van der Waals surface area contributed by atoms with Crippen LogP contribution in [0, 0.1) is 6.92 Å². The summed E-state index contributed by atoms with van der Waals surface area (Å²) in [5.74, 6) is 0. The lowest BCUT2D eigenvalue weighted by Gasteiger charge is -2.24. The van der Waals surface area contributed by atoms with E-state index >= 15 is 0 Å². The van der Waals surface area contributed by atoms with E-state index in [9.17, 15) is 0 Å². The Labute approximate surface area is 179 Å². The van der Waals surface area contributed by atoms with E-state index < -0.39 is 0 Å². The van der Waals surface area contributed by atoms with Crippen LogP contribution in [0.5, 0.6) is 0 Å². The second kappa shape index (κ2) is 6.52. The number of fused-ring (bicyclic) bond motifs is 4. The molecule has 0 radical (unpaired) electrons. The normalized spacial score (nSPS) is 14.6. The lowest BCUT2D eigenvalue weighted by atomic mass is 10.1. The number of rotatable bonds is 2. The molecule has 0 saturated heterocycles. The Balaban J connectivity index is 1.60. The highest BCUT2D eigenvalue weighted by atomic mass is 32.1. The Hall–Kier alpha value is -2.96. The molecule has 6 heteroatoms. The lowest BCUT2D eigenvalue weighted by molar-refractivity contribution is 0.311. The summed E-state index contributed by atoms with van der Waals surface area (Å²) in [7, 11) is 4.27. The van der Waals surface area contributed by atoms with Gasteiger partial charge in [0, 0.05) is 54.9 Å². The highest BCUT2D eigenvalue weighted by molar-refractivity contribution is 7.14. The Morgan fingerprint density at radius 1 is 1.10 bits per heavy atom. The molecule has 0 fully saturated rings. The molecule has 6 rings (SSSR count). The maximum atomic E-state index is 4.89. The molecule has 1 aromatic carbocycles. The number of hydrogen-bond donors (Lipinski definition) is 0. The molecular weight excluding hydrogens is 390 g/mol. The third-order valence-electron chi connectivity index (χ3n) is 6.18. The van der Waals surface area contributed by atoms with Gasteiger partial charge in [0.05, 0.1) is 22.5 Å². The molecule has 0 N–H and O–H groups in total. The van der Waals surface area contributed by atoms with Gasteiger partial charge < -0.3 is 9.47 Å². The Morgan fingerprint density at radius 2 is 2.00 bits per heavy atom. The average Bonchev–Trinajstić information content (AvgIpc) is 3.43. The largest absolute Gasteiger partial charge is 0.351 e. The van der Waals surface area contributed by atoms with Crippen molar-refractivity contribution in [2.24, 2.45) is 7.05 Å². The predicted octanol–water partition coefficient (Wildman–Crippen LogP) is 4.94. The summed E-state index contributed by atoms with van der Waals surface area (Å²) in [4.78, 5) is 13.4. The fourth-order valence-electron chi connectivity index (χ4n) is 4.69. The van der Waals surface area contributed by atoms with Gasteiger partial charge in [0.2, 0.25) is 0 Å².